The molecule has 0 atom stereocenters. The molecular formula is C19H22N2OS. The van der Waals surface area contributed by atoms with E-state index in [1.54, 1.807) is 0 Å². The molecule has 0 aromatic heterocycles. The molecule has 0 unspecified atom stereocenters. The van der Waals surface area contributed by atoms with Gasteiger partial charge in [-0.3, -0.25) is 10.1 Å². The third-order valence-corrected chi connectivity index (χ3v) is 3.89. The first-order valence-electron chi connectivity index (χ1n) is 7.66. The van der Waals surface area contributed by atoms with E-state index in [2.05, 4.69) is 36.6 Å². The van der Waals surface area contributed by atoms with Crippen LogP contribution in [0.1, 0.15) is 46.8 Å². The van der Waals surface area contributed by atoms with Crippen molar-refractivity contribution < 1.29 is 4.79 Å². The van der Waals surface area contributed by atoms with Gasteiger partial charge < -0.3 is 5.32 Å². The van der Waals surface area contributed by atoms with E-state index in [4.69, 9.17) is 12.2 Å². The third kappa shape index (κ3) is 4.63. The number of aryl methyl sites for hydroxylation is 2. The third-order valence-electron chi connectivity index (χ3n) is 3.69. The van der Waals surface area contributed by atoms with Crippen molar-refractivity contribution in [2.45, 2.75) is 33.6 Å². The average molecular weight is 326 g/mol. The minimum Gasteiger partial charge on any atom is -0.332 e. The van der Waals surface area contributed by atoms with E-state index in [0.29, 0.717) is 16.6 Å². The predicted molar refractivity (Wildman–Crippen MR) is 100 cm³/mol. The number of hydrogen-bond acceptors (Lipinski definition) is 2. The Labute approximate surface area is 143 Å². The highest BCUT2D eigenvalue weighted by atomic mass is 32.1. The number of carbonyl (C=O) groups is 1. The first-order valence-corrected chi connectivity index (χ1v) is 8.07. The molecule has 120 valence electrons. The van der Waals surface area contributed by atoms with Crippen LogP contribution in [0.2, 0.25) is 0 Å². The number of carbonyl (C=O) groups excluding carboxylic acids is 1. The van der Waals surface area contributed by atoms with Gasteiger partial charge in [0.15, 0.2) is 5.11 Å². The van der Waals surface area contributed by atoms with E-state index >= 15 is 0 Å². The van der Waals surface area contributed by atoms with Crippen LogP contribution in [-0.2, 0) is 0 Å². The number of rotatable bonds is 3. The molecule has 0 fully saturated rings. The molecule has 0 aliphatic rings. The lowest BCUT2D eigenvalue weighted by Crippen LogP contribution is -2.34. The molecule has 4 heteroatoms. The minimum absolute atomic E-state index is 0.196. The Morgan fingerprint density at radius 3 is 2.26 bits per heavy atom. The fourth-order valence-electron chi connectivity index (χ4n) is 2.35. The van der Waals surface area contributed by atoms with Gasteiger partial charge in [0.2, 0.25) is 0 Å². The number of nitrogens with one attached hydrogen (secondary N) is 2. The molecule has 2 rings (SSSR count). The van der Waals surface area contributed by atoms with Crippen molar-refractivity contribution in [1.29, 1.82) is 0 Å². The molecule has 0 bridgehead atoms. The van der Waals surface area contributed by atoms with E-state index < -0.39 is 0 Å². The summed E-state index contributed by atoms with van der Waals surface area (Å²) in [5.74, 6) is 0.291. The van der Waals surface area contributed by atoms with Crippen LogP contribution in [0, 0.1) is 13.8 Å². The Bertz CT molecular complexity index is 721. The van der Waals surface area contributed by atoms with E-state index in [-0.39, 0.29) is 5.91 Å². The highest BCUT2D eigenvalue weighted by molar-refractivity contribution is 7.80. The molecule has 0 aliphatic carbocycles. The van der Waals surface area contributed by atoms with Crippen molar-refractivity contribution in [2.75, 3.05) is 5.32 Å². The molecule has 0 spiro atoms. The van der Waals surface area contributed by atoms with Gasteiger partial charge in [-0.25, -0.2) is 0 Å². The van der Waals surface area contributed by atoms with Gasteiger partial charge in [-0.2, -0.15) is 0 Å². The molecule has 3 nitrogen and oxygen atoms in total. The van der Waals surface area contributed by atoms with Gasteiger partial charge >= 0.3 is 0 Å². The number of amides is 1. The number of benzene rings is 2. The second kappa shape index (κ2) is 7.38. The first kappa shape index (κ1) is 17.2. The topological polar surface area (TPSA) is 41.1 Å². The minimum atomic E-state index is -0.196. The molecular weight excluding hydrogens is 304 g/mol. The zero-order chi connectivity index (χ0) is 17.0. The lowest BCUT2D eigenvalue weighted by atomic mass is 10.0. The Hall–Kier alpha value is -2.20. The van der Waals surface area contributed by atoms with Gasteiger partial charge in [-0.1, -0.05) is 43.7 Å². The molecule has 0 radical (unpaired) electrons. The molecule has 23 heavy (non-hydrogen) atoms. The number of hydrogen-bond donors (Lipinski definition) is 2. The Morgan fingerprint density at radius 2 is 1.70 bits per heavy atom. The van der Waals surface area contributed by atoms with Crippen LogP contribution in [0.3, 0.4) is 0 Å². The average Bonchev–Trinajstić information content (AvgIpc) is 2.47. The summed E-state index contributed by atoms with van der Waals surface area (Å²) in [5, 5.41) is 6.06. The van der Waals surface area contributed by atoms with Gasteiger partial charge in [0.05, 0.1) is 0 Å². The van der Waals surface area contributed by atoms with Crippen molar-refractivity contribution in [2.24, 2.45) is 0 Å². The lowest BCUT2D eigenvalue weighted by Gasteiger charge is -2.12. The largest absolute Gasteiger partial charge is 0.332 e. The van der Waals surface area contributed by atoms with Crippen LogP contribution in [0.15, 0.2) is 42.5 Å². The summed E-state index contributed by atoms with van der Waals surface area (Å²) in [6.07, 6.45) is 0. The summed E-state index contributed by atoms with van der Waals surface area (Å²) in [6, 6.07) is 13.8. The molecule has 1 amide bonds. The summed E-state index contributed by atoms with van der Waals surface area (Å²) in [6.45, 7) is 8.22. The second-order valence-corrected chi connectivity index (χ2v) is 6.41. The Balaban J connectivity index is 2.00. The predicted octanol–water partition coefficient (Wildman–Crippen LogP) is 4.55. The quantitative estimate of drug-likeness (QED) is 0.813. The second-order valence-electron chi connectivity index (χ2n) is 6.00. The van der Waals surface area contributed by atoms with Crippen molar-refractivity contribution in [1.82, 2.24) is 5.32 Å². The zero-order valence-electron chi connectivity index (χ0n) is 13.9. The highest BCUT2D eigenvalue weighted by Crippen LogP contribution is 2.17. The maximum atomic E-state index is 12.3. The zero-order valence-corrected chi connectivity index (χ0v) is 14.8. The summed E-state index contributed by atoms with van der Waals surface area (Å²) in [5.41, 5.74) is 4.83. The van der Waals surface area contributed by atoms with E-state index in [1.807, 2.05) is 44.2 Å². The summed E-state index contributed by atoms with van der Waals surface area (Å²) >= 11 is 5.22. The smallest absolute Gasteiger partial charge is 0.257 e. The molecule has 0 aliphatic heterocycles. The maximum Gasteiger partial charge on any atom is 0.257 e. The standard InChI is InChI=1S/C19H22N2OS/c1-12(2)15-6-8-16(9-7-15)20-19(23)21-18(22)17-10-5-13(3)11-14(17)4/h5-12H,1-4H3,(H2,20,21,22,23). The number of anilines is 1. The fourth-order valence-corrected chi connectivity index (χ4v) is 2.56. The van der Waals surface area contributed by atoms with Crippen LogP contribution < -0.4 is 10.6 Å². The van der Waals surface area contributed by atoms with E-state index in [0.717, 1.165) is 16.8 Å². The van der Waals surface area contributed by atoms with Gasteiger partial charge in [-0.05, 0) is 61.3 Å². The van der Waals surface area contributed by atoms with Gasteiger partial charge in [-0.15, -0.1) is 0 Å². The van der Waals surface area contributed by atoms with Crippen LogP contribution in [-0.4, -0.2) is 11.0 Å². The van der Waals surface area contributed by atoms with Crippen LogP contribution >= 0.6 is 12.2 Å². The highest BCUT2D eigenvalue weighted by Gasteiger charge is 2.10. The molecule has 2 N–H and O–H groups in total. The first-order chi connectivity index (χ1) is 10.9. The van der Waals surface area contributed by atoms with Crippen molar-refractivity contribution in [3.8, 4) is 0 Å². The number of thiocarbonyl (C=S) groups is 1. The van der Waals surface area contributed by atoms with Crippen molar-refractivity contribution >= 4 is 28.9 Å². The Kier molecular flexibility index (Phi) is 5.50. The van der Waals surface area contributed by atoms with Crippen LogP contribution in [0.5, 0.6) is 0 Å². The van der Waals surface area contributed by atoms with Crippen LogP contribution in [0.4, 0.5) is 5.69 Å². The van der Waals surface area contributed by atoms with Crippen LogP contribution in [0.25, 0.3) is 0 Å². The van der Waals surface area contributed by atoms with Crippen molar-refractivity contribution in [3.05, 3.63) is 64.7 Å². The SMILES string of the molecule is Cc1ccc(C(=O)NC(=S)Nc2ccc(C(C)C)cc2)c(C)c1. The van der Waals surface area contributed by atoms with Crippen molar-refractivity contribution in [3.63, 3.8) is 0 Å². The van der Waals surface area contributed by atoms with Gasteiger partial charge in [0.1, 0.15) is 0 Å². The molecule has 2 aromatic rings. The normalized spacial score (nSPS) is 10.5. The summed E-state index contributed by atoms with van der Waals surface area (Å²) in [4.78, 5) is 12.3. The fraction of sp³-hybridized carbons (Fsp3) is 0.263. The van der Waals surface area contributed by atoms with E-state index in [9.17, 15) is 4.79 Å². The Morgan fingerprint density at radius 1 is 1.04 bits per heavy atom. The molecule has 0 heterocycles. The van der Waals surface area contributed by atoms with Gasteiger partial charge in [0.25, 0.3) is 5.91 Å². The van der Waals surface area contributed by atoms with E-state index in [1.165, 1.54) is 5.56 Å². The summed E-state index contributed by atoms with van der Waals surface area (Å²) in [7, 11) is 0. The monoisotopic (exact) mass is 326 g/mol. The lowest BCUT2D eigenvalue weighted by molar-refractivity contribution is 0.0977. The molecule has 0 saturated carbocycles. The molecule has 0 saturated heterocycles. The molecule has 2 aromatic carbocycles. The van der Waals surface area contributed by atoms with Gasteiger partial charge in [0, 0.05) is 11.3 Å². The summed E-state index contributed by atoms with van der Waals surface area (Å²) < 4.78 is 0. The maximum absolute atomic E-state index is 12.3.